The fraction of sp³-hybridized carbons (Fsp3) is 0.200. The van der Waals surface area contributed by atoms with E-state index in [0.29, 0.717) is 41.7 Å². The van der Waals surface area contributed by atoms with Gasteiger partial charge in [0.15, 0.2) is 0 Å². The SMILES string of the molecule is C=CC(=O)Nc1cc(N(C(=O)C=C)c2nccc(-c3cn(C)c4ccccc34)n2)c(OC)cc1OCCN(C)C. The Morgan fingerprint density at radius 1 is 1.10 bits per heavy atom. The summed E-state index contributed by atoms with van der Waals surface area (Å²) in [5.74, 6) is -0.143. The summed E-state index contributed by atoms with van der Waals surface area (Å²) in [5.41, 5.74) is 3.19. The number of nitrogens with zero attached hydrogens (tertiary/aromatic N) is 5. The third kappa shape index (κ3) is 5.87. The number of methoxy groups -OCH3 is 1. The Kier molecular flexibility index (Phi) is 8.60. The van der Waals surface area contributed by atoms with Crippen LogP contribution in [0, 0.1) is 0 Å². The molecule has 0 atom stereocenters. The molecule has 0 unspecified atom stereocenters. The number of carbonyl (C=O) groups excluding carboxylic acids is 2. The maximum atomic E-state index is 13.3. The first kappa shape index (κ1) is 28.1. The molecule has 2 heterocycles. The highest BCUT2D eigenvalue weighted by atomic mass is 16.5. The molecule has 0 saturated carbocycles. The third-order valence-electron chi connectivity index (χ3n) is 6.17. The lowest BCUT2D eigenvalue weighted by molar-refractivity contribution is -0.113. The van der Waals surface area contributed by atoms with Crippen molar-refractivity contribution in [1.29, 1.82) is 0 Å². The van der Waals surface area contributed by atoms with Crippen molar-refractivity contribution in [3.8, 4) is 22.8 Å². The molecule has 10 heteroatoms. The second kappa shape index (κ2) is 12.3. The molecule has 2 aromatic heterocycles. The van der Waals surface area contributed by atoms with E-state index in [4.69, 9.17) is 14.5 Å². The number of nitrogens with one attached hydrogen (secondary N) is 1. The van der Waals surface area contributed by atoms with Crippen LogP contribution in [0.5, 0.6) is 11.5 Å². The first-order chi connectivity index (χ1) is 19.3. The monoisotopic (exact) mass is 540 g/mol. The zero-order chi connectivity index (χ0) is 28.8. The van der Waals surface area contributed by atoms with Crippen molar-refractivity contribution in [2.45, 2.75) is 0 Å². The lowest BCUT2D eigenvalue weighted by Gasteiger charge is -2.24. The van der Waals surface area contributed by atoms with Crippen LogP contribution in [0.2, 0.25) is 0 Å². The molecule has 0 aliphatic rings. The van der Waals surface area contributed by atoms with Crippen LogP contribution < -0.4 is 19.7 Å². The summed E-state index contributed by atoms with van der Waals surface area (Å²) in [5, 5.41) is 3.77. The van der Waals surface area contributed by atoms with Crippen molar-refractivity contribution >= 4 is 40.0 Å². The van der Waals surface area contributed by atoms with Crippen LogP contribution in [0.3, 0.4) is 0 Å². The molecule has 0 radical (unpaired) electrons. The molecule has 0 spiro atoms. The standard InChI is InChI=1S/C30H32N6O4/c1-7-28(37)32-23-17-25(27(39-6)18-26(23)40-16-15-34(3)4)36(29(38)8-2)30-31-14-13-22(33-30)21-19-35(5)24-12-10-9-11-20(21)24/h7-14,17-19H,1-2,15-16H2,3-6H3,(H,32,37). The van der Waals surface area contributed by atoms with Gasteiger partial charge in [0.05, 0.1) is 24.2 Å². The van der Waals surface area contributed by atoms with E-state index in [1.54, 1.807) is 24.4 Å². The van der Waals surface area contributed by atoms with Crippen LogP contribution >= 0.6 is 0 Å². The maximum absolute atomic E-state index is 13.3. The molecule has 0 bridgehead atoms. The van der Waals surface area contributed by atoms with E-state index in [9.17, 15) is 9.59 Å². The van der Waals surface area contributed by atoms with Gasteiger partial charge in [-0.3, -0.25) is 9.59 Å². The quantitative estimate of drug-likeness (QED) is 0.278. The largest absolute Gasteiger partial charge is 0.494 e. The normalized spacial score (nSPS) is 10.8. The van der Waals surface area contributed by atoms with E-state index in [-0.39, 0.29) is 5.95 Å². The molecule has 206 valence electrons. The van der Waals surface area contributed by atoms with Gasteiger partial charge in [0, 0.05) is 48.5 Å². The summed E-state index contributed by atoms with van der Waals surface area (Å²) in [6, 6.07) is 13.0. The maximum Gasteiger partial charge on any atom is 0.257 e. The molecule has 40 heavy (non-hydrogen) atoms. The van der Waals surface area contributed by atoms with Gasteiger partial charge in [-0.15, -0.1) is 0 Å². The topological polar surface area (TPSA) is 102 Å². The fourth-order valence-corrected chi connectivity index (χ4v) is 4.20. The molecular formula is C30H32N6O4. The fourth-order valence-electron chi connectivity index (χ4n) is 4.20. The minimum atomic E-state index is -0.490. The summed E-state index contributed by atoms with van der Waals surface area (Å²) in [6.45, 7) is 8.21. The lowest BCUT2D eigenvalue weighted by atomic mass is 10.1. The van der Waals surface area contributed by atoms with Crippen molar-refractivity contribution in [2.75, 3.05) is 44.6 Å². The predicted octanol–water partition coefficient (Wildman–Crippen LogP) is 4.56. The molecule has 10 nitrogen and oxygen atoms in total. The number of fused-ring (bicyclic) bond motifs is 1. The second-order valence-corrected chi connectivity index (χ2v) is 9.16. The zero-order valence-corrected chi connectivity index (χ0v) is 23.0. The van der Waals surface area contributed by atoms with Gasteiger partial charge in [-0.25, -0.2) is 14.9 Å². The van der Waals surface area contributed by atoms with E-state index in [1.807, 2.05) is 61.1 Å². The summed E-state index contributed by atoms with van der Waals surface area (Å²) in [4.78, 5) is 38.0. The first-order valence-corrected chi connectivity index (χ1v) is 12.5. The highest BCUT2D eigenvalue weighted by Crippen LogP contribution is 2.41. The molecule has 0 aliphatic heterocycles. The number of aromatic nitrogens is 3. The number of ether oxygens (including phenoxy) is 2. The minimum absolute atomic E-state index is 0.107. The molecule has 1 N–H and O–H groups in total. The van der Waals surface area contributed by atoms with Gasteiger partial charge in [0.2, 0.25) is 11.9 Å². The van der Waals surface area contributed by atoms with Crippen molar-refractivity contribution in [3.05, 3.63) is 80.2 Å². The molecule has 4 aromatic rings. The Morgan fingerprint density at radius 3 is 2.58 bits per heavy atom. The van der Waals surface area contributed by atoms with Crippen molar-refractivity contribution in [1.82, 2.24) is 19.4 Å². The average molecular weight is 541 g/mol. The van der Waals surface area contributed by atoms with Crippen molar-refractivity contribution in [3.63, 3.8) is 0 Å². The van der Waals surface area contributed by atoms with Crippen molar-refractivity contribution in [2.24, 2.45) is 7.05 Å². The van der Waals surface area contributed by atoms with Gasteiger partial charge in [-0.1, -0.05) is 31.4 Å². The molecular weight excluding hydrogens is 508 g/mol. The molecule has 0 aliphatic carbocycles. The van der Waals surface area contributed by atoms with Crippen LogP contribution in [0.4, 0.5) is 17.3 Å². The number of hydrogen-bond acceptors (Lipinski definition) is 7. The highest BCUT2D eigenvalue weighted by Gasteiger charge is 2.26. The second-order valence-electron chi connectivity index (χ2n) is 9.16. The predicted molar refractivity (Wildman–Crippen MR) is 157 cm³/mol. The number of likely N-dealkylation sites (N-methyl/N-ethyl adjacent to an activating group) is 1. The smallest absolute Gasteiger partial charge is 0.257 e. The number of aryl methyl sites for hydroxylation is 1. The number of para-hydroxylation sites is 1. The van der Waals surface area contributed by atoms with Crippen LogP contribution in [-0.2, 0) is 16.6 Å². The van der Waals surface area contributed by atoms with Gasteiger partial charge in [-0.2, -0.15) is 0 Å². The van der Waals surface area contributed by atoms with E-state index in [0.717, 1.165) is 28.6 Å². The van der Waals surface area contributed by atoms with Crippen LogP contribution in [0.15, 0.2) is 80.2 Å². The van der Waals surface area contributed by atoms with Crippen LogP contribution in [-0.4, -0.2) is 65.6 Å². The summed E-state index contributed by atoms with van der Waals surface area (Å²) >= 11 is 0. The Balaban J connectivity index is 1.85. The van der Waals surface area contributed by atoms with Gasteiger partial charge in [0.25, 0.3) is 5.91 Å². The number of hydrogen-bond donors (Lipinski definition) is 1. The summed E-state index contributed by atoms with van der Waals surface area (Å²) in [7, 11) is 7.30. The van der Waals surface area contributed by atoms with E-state index >= 15 is 0 Å². The minimum Gasteiger partial charge on any atom is -0.494 e. The summed E-state index contributed by atoms with van der Waals surface area (Å²) in [6.07, 6.45) is 5.89. The molecule has 4 rings (SSSR count). The Hall–Kier alpha value is -4.96. The average Bonchev–Trinajstić information content (AvgIpc) is 3.30. The van der Waals surface area contributed by atoms with Crippen LogP contribution in [0.1, 0.15) is 0 Å². The highest BCUT2D eigenvalue weighted by molar-refractivity contribution is 6.08. The first-order valence-electron chi connectivity index (χ1n) is 12.5. The van der Waals surface area contributed by atoms with Gasteiger partial charge >= 0.3 is 0 Å². The number of benzene rings is 2. The van der Waals surface area contributed by atoms with E-state index in [1.165, 1.54) is 12.0 Å². The van der Waals surface area contributed by atoms with Crippen LogP contribution in [0.25, 0.3) is 22.2 Å². The Labute approximate surface area is 233 Å². The molecule has 0 saturated heterocycles. The molecule has 2 aromatic carbocycles. The zero-order valence-electron chi connectivity index (χ0n) is 23.0. The number of rotatable bonds is 11. The number of carbonyl (C=O) groups is 2. The third-order valence-corrected chi connectivity index (χ3v) is 6.17. The summed E-state index contributed by atoms with van der Waals surface area (Å²) < 4.78 is 13.6. The Bertz CT molecular complexity index is 1580. The van der Waals surface area contributed by atoms with E-state index in [2.05, 4.69) is 23.5 Å². The molecule has 0 fully saturated rings. The van der Waals surface area contributed by atoms with Gasteiger partial charge in [-0.05, 0) is 44.4 Å². The van der Waals surface area contributed by atoms with Gasteiger partial charge in [0.1, 0.15) is 18.1 Å². The number of anilines is 3. The number of amides is 2. The van der Waals surface area contributed by atoms with E-state index < -0.39 is 11.8 Å². The molecule has 2 amide bonds. The van der Waals surface area contributed by atoms with Crippen molar-refractivity contribution < 1.29 is 19.1 Å². The van der Waals surface area contributed by atoms with Gasteiger partial charge < -0.3 is 24.3 Å². The Morgan fingerprint density at radius 2 is 1.88 bits per heavy atom. The lowest BCUT2D eigenvalue weighted by Crippen LogP contribution is -2.26.